The fraction of sp³-hybridized carbons (Fsp3) is 0.333. The van der Waals surface area contributed by atoms with Crippen LogP contribution in [0, 0.1) is 6.92 Å². The van der Waals surface area contributed by atoms with E-state index < -0.39 is 17.4 Å². The maximum atomic E-state index is 12.2. The molecule has 1 amide bonds. The van der Waals surface area contributed by atoms with Gasteiger partial charge in [0.05, 0.1) is 18.3 Å². The van der Waals surface area contributed by atoms with Gasteiger partial charge in [-0.3, -0.25) is 14.2 Å². The molecule has 0 aliphatic rings. The van der Waals surface area contributed by atoms with E-state index in [1.807, 2.05) is 0 Å². The molecule has 2 aromatic heterocycles. The van der Waals surface area contributed by atoms with Gasteiger partial charge in [0.25, 0.3) is 5.56 Å². The highest BCUT2D eigenvalue weighted by Crippen LogP contribution is 2.27. The van der Waals surface area contributed by atoms with E-state index in [4.69, 9.17) is 10.5 Å². The van der Waals surface area contributed by atoms with Crippen LogP contribution in [0.25, 0.3) is 10.2 Å². The van der Waals surface area contributed by atoms with E-state index in [0.717, 1.165) is 15.9 Å². The number of aromatic nitrogens is 2. The molecule has 0 aromatic carbocycles. The molecule has 20 heavy (non-hydrogen) atoms. The second kappa shape index (κ2) is 5.41. The second-order valence-corrected chi connectivity index (χ2v) is 5.10. The van der Waals surface area contributed by atoms with Crippen molar-refractivity contribution >= 4 is 33.4 Å². The van der Waals surface area contributed by atoms with E-state index in [1.165, 1.54) is 6.33 Å². The minimum Gasteiger partial charge on any atom is -0.462 e. The molecule has 2 aromatic rings. The maximum Gasteiger partial charge on any atom is 0.348 e. The van der Waals surface area contributed by atoms with Gasteiger partial charge in [-0.2, -0.15) is 0 Å². The van der Waals surface area contributed by atoms with Crippen LogP contribution in [0.4, 0.5) is 0 Å². The van der Waals surface area contributed by atoms with Crippen LogP contribution in [-0.2, 0) is 16.1 Å². The van der Waals surface area contributed by atoms with Gasteiger partial charge >= 0.3 is 5.97 Å². The third-order valence-corrected chi connectivity index (χ3v) is 3.88. The number of nitrogens with zero attached hydrogens (tertiary/aromatic N) is 2. The Balaban J connectivity index is 2.61. The second-order valence-electron chi connectivity index (χ2n) is 4.10. The zero-order valence-corrected chi connectivity index (χ0v) is 11.8. The first-order valence-corrected chi connectivity index (χ1v) is 6.71. The van der Waals surface area contributed by atoms with Crippen molar-refractivity contribution in [1.82, 2.24) is 9.55 Å². The molecule has 0 saturated carbocycles. The van der Waals surface area contributed by atoms with E-state index in [1.54, 1.807) is 13.8 Å². The third-order valence-electron chi connectivity index (χ3n) is 2.70. The first-order valence-electron chi connectivity index (χ1n) is 5.89. The molecule has 0 spiro atoms. The van der Waals surface area contributed by atoms with Gasteiger partial charge < -0.3 is 10.5 Å². The molecular weight excluding hydrogens is 282 g/mol. The van der Waals surface area contributed by atoms with Gasteiger partial charge in [-0.15, -0.1) is 11.3 Å². The summed E-state index contributed by atoms with van der Waals surface area (Å²) in [5.41, 5.74) is 5.19. The lowest BCUT2D eigenvalue weighted by molar-refractivity contribution is -0.118. The summed E-state index contributed by atoms with van der Waals surface area (Å²) in [4.78, 5) is 39.8. The molecule has 0 atom stereocenters. The first kappa shape index (κ1) is 14.2. The van der Waals surface area contributed by atoms with Crippen LogP contribution in [0.3, 0.4) is 0 Å². The fourth-order valence-corrected chi connectivity index (χ4v) is 2.86. The number of primary amides is 1. The summed E-state index contributed by atoms with van der Waals surface area (Å²) in [6.07, 6.45) is 1.25. The quantitative estimate of drug-likeness (QED) is 0.823. The molecule has 2 rings (SSSR count). The van der Waals surface area contributed by atoms with Crippen LogP contribution in [0.2, 0.25) is 0 Å². The smallest absolute Gasteiger partial charge is 0.348 e. The summed E-state index contributed by atoms with van der Waals surface area (Å²) in [6, 6.07) is 0. The average molecular weight is 295 g/mol. The summed E-state index contributed by atoms with van der Waals surface area (Å²) in [6.45, 7) is 3.37. The summed E-state index contributed by atoms with van der Waals surface area (Å²) >= 11 is 1.10. The predicted octanol–water partition coefficient (Wildman–Crippen LogP) is 0.428. The molecule has 0 unspecified atom stereocenters. The summed E-state index contributed by atoms with van der Waals surface area (Å²) in [7, 11) is 0. The molecule has 0 aliphatic carbocycles. The van der Waals surface area contributed by atoms with E-state index in [2.05, 4.69) is 4.98 Å². The number of amides is 1. The minimum absolute atomic E-state index is 0.244. The molecular formula is C12H13N3O4S. The number of carbonyl (C=O) groups is 2. The van der Waals surface area contributed by atoms with Gasteiger partial charge in [-0.05, 0) is 19.4 Å². The van der Waals surface area contributed by atoms with Crippen molar-refractivity contribution in [3.8, 4) is 0 Å². The SMILES string of the molecule is CCOC(=O)c1sc2ncn(CC(N)=O)c(=O)c2c1C. The van der Waals surface area contributed by atoms with Gasteiger partial charge in [0, 0.05) is 0 Å². The lowest BCUT2D eigenvalue weighted by atomic mass is 10.2. The van der Waals surface area contributed by atoms with Crippen LogP contribution in [0.15, 0.2) is 11.1 Å². The molecule has 0 radical (unpaired) electrons. The van der Waals surface area contributed by atoms with E-state index >= 15 is 0 Å². The summed E-state index contributed by atoms with van der Waals surface area (Å²) in [5.74, 6) is -1.11. The number of rotatable bonds is 4. The first-order chi connectivity index (χ1) is 9.45. The highest BCUT2D eigenvalue weighted by atomic mass is 32.1. The van der Waals surface area contributed by atoms with Gasteiger partial charge in [-0.1, -0.05) is 0 Å². The van der Waals surface area contributed by atoms with Crippen molar-refractivity contribution < 1.29 is 14.3 Å². The van der Waals surface area contributed by atoms with Crippen LogP contribution >= 0.6 is 11.3 Å². The van der Waals surface area contributed by atoms with Crippen LogP contribution < -0.4 is 11.3 Å². The maximum absolute atomic E-state index is 12.2. The molecule has 0 bridgehead atoms. The van der Waals surface area contributed by atoms with Crippen LogP contribution in [-0.4, -0.2) is 28.0 Å². The number of esters is 1. The number of thiophene rings is 1. The van der Waals surface area contributed by atoms with E-state index in [0.29, 0.717) is 20.7 Å². The van der Waals surface area contributed by atoms with Gasteiger partial charge in [-0.25, -0.2) is 9.78 Å². The number of hydrogen-bond donors (Lipinski definition) is 1. The van der Waals surface area contributed by atoms with Crippen molar-refractivity contribution in [2.75, 3.05) is 6.61 Å². The number of nitrogens with two attached hydrogens (primary N) is 1. The molecule has 106 valence electrons. The molecule has 2 N–H and O–H groups in total. The van der Waals surface area contributed by atoms with Crippen molar-refractivity contribution in [3.63, 3.8) is 0 Å². The Hall–Kier alpha value is -2.22. The Bertz CT molecular complexity index is 747. The fourth-order valence-electron chi connectivity index (χ4n) is 1.83. The Morgan fingerprint density at radius 3 is 2.80 bits per heavy atom. The monoisotopic (exact) mass is 295 g/mol. The molecule has 8 heteroatoms. The van der Waals surface area contributed by atoms with Gasteiger partial charge in [0.15, 0.2) is 0 Å². The van der Waals surface area contributed by atoms with E-state index in [-0.39, 0.29) is 13.2 Å². The molecule has 0 saturated heterocycles. The lowest BCUT2D eigenvalue weighted by Crippen LogP contribution is -2.28. The number of fused-ring (bicyclic) bond motifs is 1. The van der Waals surface area contributed by atoms with E-state index in [9.17, 15) is 14.4 Å². The Morgan fingerprint density at radius 1 is 1.50 bits per heavy atom. The summed E-state index contributed by atoms with van der Waals surface area (Å²) < 4.78 is 6.06. The number of carbonyl (C=O) groups excluding carboxylic acids is 2. The Morgan fingerprint density at radius 2 is 2.20 bits per heavy atom. The lowest BCUT2D eigenvalue weighted by Gasteiger charge is -2.02. The number of hydrogen-bond acceptors (Lipinski definition) is 6. The number of aryl methyl sites for hydroxylation is 1. The highest BCUT2D eigenvalue weighted by Gasteiger charge is 2.20. The standard InChI is InChI=1S/C12H13N3O4S/c1-3-19-12(18)9-6(2)8-10(20-9)14-5-15(11(8)17)4-7(13)16/h5H,3-4H2,1-2H3,(H2,13,16). The average Bonchev–Trinajstić information content (AvgIpc) is 2.71. The van der Waals surface area contributed by atoms with Gasteiger partial charge in [0.2, 0.25) is 5.91 Å². The zero-order valence-electron chi connectivity index (χ0n) is 11.0. The van der Waals surface area contributed by atoms with Crippen LogP contribution in [0.5, 0.6) is 0 Å². The van der Waals surface area contributed by atoms with Crippen molar-refractivity contribution in [2.45, 2.75) is 20.4 Å². The highest BCUT2D eigenvalue weighted by molar-refractivity contribution is 7.20. The Kier molecular flexibility index (Phi) is 3.84. The van der Waals surface area contributed by atoms with Crippen molar-refractivity contribution in [3.05, 3.63) is 27.1 Å². The predicted molar refractivity (Wildman–Crippen MR) is 73.8 cm³/mol. The largest absolute Gasteiger partial charge is 0.462 e. The van der Waals surface area contributed by atoms with Crippen LogP contribution in [0.1, 0.15) is 22.2 Å². The third kappa shape index (κ3) is 2.42. The molecule has 7 nitrogen and oxygen atoms in total. The van der Waals surface area contributed by atoms with Crippen molar-refractivity contribution in [1.29, 1.82) is 0 Å². The zero-order chi connectivity index (χ0) is 14.9. The molecule has 0 fully saturated rings. The van der Waals surface area contributed by atoms with Gasteiger partial charge in [0.1, 0.15) is 16.3 Å². The molecule has 2 heterocycles. The molecule has 0 aliphatic heterocycles. The normalized spacial score (nSPS) is 10.7. The Labute approximate surface area is 118 Å². The van der Waals surface area contributed by atoms with Crippen molar-refractivity contribution in [2.24, 2.45) is 5.73 Å². The topological polar surface area (TPSA) is 104 Å². The summed E-state index contributed by atoms with van der Waals surface area (Å²) in [5, 5.41) is 0.321. The minimum atomic E-state index is -0.633. The number of ether oxygens (including phenoxy) is 1.